The normalized spacial score (nSPS) is 10.3. The number of thioether (sulfide) groups is 1. The molecule has 140 valence electrons. The highest BCUT2D eigenvalue weighted by Crippen LogP contribution is 2.31. The van der Waals surface area contributed by atoms with Crippen molar-refractivity contribution in [1.82, 2.24) is 5.32 Å². The zero-order valence-electron chi connectivity index (χ0n) is 15.4. The van der Waals surface area contributed by atoms with E-state index >= 15 is 0 Å². The molecule has 0 spiro atoms. The van der Waals surface area contributed by atoms with Crippen molar-refractivity contribution in [3.63, 3.8) is 0 Å². The molecular weight excluding hydrogens is 350 g/mol. The zero-order valence-corrected chi connectivity index (χ0v) is 16.2. The number of ether oxygens (including phenoxy) is 3. The second kappa shape index (κ2) is 10.6. The molecule has 0 fully saturated rings. The first kappa shape index (κ1) is 20.0. The summed E-state index contributed by atoms with van der Waals surface area (Å²) in [6, 6.07) is 13.6. The van der Waals surface area contributed by atoms with Gasteiger partial charge in [-0.05, 0) is 42.7 Å². The largest absolute Gasteiger partial charge is 0.496 e. The van der Waals surface area contributed by atoms with E-state index in [2.05, 4.69) is 5.32 Å². The van der Waals surface area contributed by atoms with Crippen LogP contribution in [0.5, 0.6) is 17.2 Å². The van der Waals surface area contributed by atoms with Gasteiger partial charge >= 0.3 is 0 Å². The van der Waals surface area contributed by atoms with Crippen molar-refractivity contribution in [3.8, 4) is 17.2 Å². The monoisotopic (exact) mass is 375 g/mol. The number of rotatable bonds is 10. The topological polar surface area (TPSA) is 56.8 Å². The molecule has 1 amide bonds. The van der Waals surface area contributed by atoms with Crippen LogP contribution >= 0.6 is 11.8 Å². The lowest BCUT2D eigenvalue weighted by Gasteiger charge is -2.10. The Kier molecular flexibility index (Phi) is 8.15. The molecule has 1 N–H and O–H groups in total. The SMILES string of the molecule is COc1ccccc1CCCNC(=O)CSc1ccc(OC)c(OC)c1. The third-order valence-electron chi connectivity index (χ3n) is 3.86. The number of nitrogens with one attached hydrogen (secondary N) is 1. The molecule has 0 saturated heterocycles. The summed E-state index contributed by atoms with van der Waals surface area (Å²) < 4.78 is 15.8. The van der Waals surface area contributed by atoms with Gasteiger partial charge in [-0.25, -0.2) is 0 Å². The number of carbonyl (C=O) groups excluding carboxylic acids is 1. The molecule has 0 radical (unpaired) electrons. The van der Waals surface area contributed by atoms with E-state index in [9.17, 15) is 4.79 Å². The Bertz CT molecular complexity index is 721. The highest BCUT2D eigenvalue weighted by molar-refractivity contribution is 8.00. The van der Waals surface area contributed by atoms with Crippen LogP contribution in [0.4, 0.5) is 0 Å². The van der Waals surface area contributed by atoms with Crippen LogP contribution in [0.15, 0.2) is 47.4 Å². The van der Waals surface area contributed by atoms with Crippen LogP contribution in [0.2, 0.25) is 0 Å². The van der Waals surface area contributed by atoms with Gasteiger partial charge in [0.1, 0.15) is 5.75 Å². The number of benzene rings is 2. The van der Waals surface area contributed by atoms with E-state index in [0.29, 0.717) is 23.8 Å². The van der Waals surface area contributed by atoms with E-state index in [-0.39, 0.29) is 5.91 Å². The number of carbonyl (C=O) groups is 1. The fraction of sp³-hybridized carbons (Fsp3) is 0.350. The van der Waals surface area contributed by atoms with Crippen molar-refractivity contribution < 1.29 is 19.0 Å². The molecular formula is C20H25NO4S. The summed E-state index contributed by atoms with van der Waals surface area (Å²) in [5.41, 5.74) is 1.16. The average molecular weight is 375 g/mol. The molecule has 0 atom stereocenters. The van der Waals surface area contributed by atoms with Crippen LogP contribution in [-0.4, -0.2) is 39.5 Å². The van der Waals surface area contributed by atoms with Gasteiger partial charge in [0.05, 0.1) is 27.1 Å². The number of para-hydroxylation sites is 1. The zero-order chi connectivity index (χ0) is 18.8. The van der Waals surface area contributed by atoms with Gasteiger partial charge in [0.15, 0.2) is 11.5 Å². The number of methoxy groups -OCH3 is 3. The maximum atomic E-state index is 12.0. The molecule has 5 nitrogen and oxygen atoms in total. The molecule has 2 aromatic rings. The van der Waals surface area contributed by atoms with Crippen molar-refractivity contribution in [2.75, 3.05) is 33.6 Å². The molecule has 0 aromatic heterocycles. The highest BCUT2D eigenvalue weighted by Gasteiger charge is 2.08. The smallest absolute Gasteiger partial charge is 0.230 e. The summed E-state index contributed by atoms with van der Waals surface area (Å²) in [5, 5.41) is 2.96. The lowest BCUT2D eigenvalue weighted by atomic mass is 10.1. The Labute approximate surface area is 159 Å². The van der Waals surface area contributed by atoms with Gasteiger partial charge in [0, 0.05) is 11.4 Å². The summed E-state index contributed by atoms with van der Waals surface area (Å²) in [6.45, 7) is 0.642. The lowest BCUT2D eigenvalue weighted by Crippen LogP contribution is -2.26. The minimum absolute atomic E-state index is 0.0183. The van der Waals surface area contributed by atoms with Gasteiger partial charge in [0.25, 0.3) is 0 Å². The highest BCUT2D eigenvalue weighted by atomic mass is 32.2. The predicted octanol–water partition coefficient (Wildman–Crippen LogP) is 3.55. The molecule has 0 aliphatic rings. The van der Waals surface area contributed by atoms with Gasteiger partial charge < -0.3 is 19.5 Å². The maximum absolute atomic E-state index is 12.0. The number of aryl methyl sites for hydroxylation is 1. The van der Waals surface area contributed by atoms with Gasteiger partial charge in [0.2, 0.25) is 5.91 Å². The summed E-state index contributed by atoms with van der Waals surface area (Å²) in [6.07, 6.45) is 1.74. The Hall–Kier alpha value is -2.34. The summed E-state index contributed by atoms with van der Waals surface area (Å²) in [4.78, 5) is 13.0. The lowest BCUT2D eigenvalue weighted by molar-refractivity contribution is -0.118. The molecule has 0 aliphatic heterocycles. The molecule has 6 heteroatoms. The maximum Gasteiger partial charge on any atom is 0.230 e. The molecule has 2 rings (SSSR count). The van der Waals surface area contributed by atoms with Crippen LogP contribution in [0, 0.1) is 0 Å². The quantitative estimate of drug-likeness (QED) is 0.508. The first-order valence-electron chi connectivity index (χ1n) is 8.41. The Morgan fingerprint density at radius 3 is 2.42 bits per heavy atom. The third-order valence-corrected chi connectivity index (χ3v) is 4.86. The number of hydrogen-bond donors (Lipinski definition) is 1. The van der Waals surface area contributed by atoms with Crippen molar-refractivity contribution in [3.05, 3.63) is 48.0 Å². The fourth-order valence-corrected chi connectivity index (χ4v) is 3.28. The second-order valence-corrected chi connectivity index (χ2v) is 6.62. The molecule has 2 aromatic carbocycles. The van der Waals surface area contributed by atoms with Crippen molar-refractivity contribution in [2.45, 2.75) is 17.7 Å². The van der Waals surface area contributed by atoms with Gasteiger partial charge in [-0.1, -0.05) is 18.2 Å². The van der Waals surface area contributed by atoms with E-state index < -0.39 is 0 Å². The van der Waals surface area contributed by atoms with Crippen LogP contribution in [0.1, 0.15) is 12.0 Å². The van der Waals surface area contributed by atoms with Crippen LogP contribution in [-0.2, 0) is 11.2 Å². The first-order chi connectivity index (χ1) is 12.7. The first-order valence-corrected chi connectivity index (χ1v) is 9.40. The molecule has 0 heterocycles. The van der Waals surface area contributed by atoms with Crippen molar-refractivity contribution in [1.29, 1.82) is 0 Å². The average Bonchev–Trinajstić information content (AvgIpc) is 2.69. The fourth-order valence-electron chi connectivity index (χ4n) is 2.52. The third kappa shape index (κ3) is 5.88. The van der Waals surface area contributed by atoms with Crippen molar-refractivity contribution in [2.24, 2.45) is 0 Å². The standard InChI is InChI=1S/C20H25NO4S/c1-23-17-9-5-4-7-15(17)8-6-12-21-20(22)14-26-16-10-11-18(24-2)19(13-16)25-3/h4-5,7,9-11,13H,6,8,12,14H2,1-3H3,(H,21,22). The molecule has 0 aliphatic carbocycles. The number of hydrogen-bond acceptors (Lipinski definition) is 5. The number of amides is 1. The van der Waals surface area contributed by atoms with E-state index in [4.69, 9.17) is 14.2 Å². The summed E-state index contributed by atoms with van der Waals surface area (Å²) in [5.74, 6) is 2.62. The van der Waals surface area contributed by atoms with Gasteiger partial charge in [-0.3, -0.25) is 4.79 Å². The summed E-state index contributed by atoms with van der Waals surface area (Å²) >= 11 is 1.47. The predicted molar refractivity (Wildman–Crippen MR) is 105 cm³/mol. The second-order valence-electron chi connectivity index (χ2n) is 5.57. The Morgan fingerprint density at radius 2 is 1.69 bits per heavy atom. The molecule has 0 saturated carbocycles. The van der Waals surface area contributed by atoms with Crippen LogP contribution < -0.4 is 19.5 Å². The van der Waals surface area contributed by atoms with Gasteiger partial charge in [-0.2, -0.15) is 0 Å². The molecule has 26 heavy (non-hydrogen) atoms. The Morgan fingerprint density at radius 1 is 0.962 bits per heavy atom. The molecule has 0 bridgehead atoms. The van der Waals surface area contributed by atoms with Crippen LogP contribution in [0.3, 0.4) is 0 Å². The van der Waals surface area contributed by atoms with E-state index in [1.54, 1.807) is 21.3 Å². The van der Waals surface area contributed by atoms with E-state index in [1.165, 1.54) is 11.8 Å². The van der Waals surface area contributed by atoms with E-state index in [0.717, 1.165) is 29.1 Å². The van der Waals surface area contributed by atoms with Crippen molar-refractivity contribution >= 4 is 17.7 Å². The molecule has 0 unspecified atom stereocenters. The van der Waals surface area contributed by atoms with Crippen LogP contribution in [0.25, 0.3) is 0 Å². The Balaban J connectivity index is 1.72. The minimum Gasteiger partial charge on any atom is -0.496 e. The van der Waals surface area contributed by atoms with E-state index in [1.807, 2.05) is 42.5 Å². The van der Waals surface area contributed by atoms with Gasteiger partial charge in [-0.15, -0.1) is 11.8 Å². The minimum atomic E-state index is 0.0183. The summed E-state index contributed by atoms with van der Waals surface area (Å²) in [7, 11) is 4.87.